The average molecular weight is 332 g/mol. The van der Waals surface area contributed by atoms with E-state index >= 15 is 0 Å². The van der Waals surface area contributed by atoms with Gasteiger partial charge in [-0.15, -0.1) is 0 Å². The highest BCUT2D eigenvalue weighted by atomic mass is 16.5. The van der Waals surface area contributed by atoms with Crippen molar-refractivity contribution in [2.24, 2.45) is 34.5 Å². The monoisotopic (exact) mass is 332 g/mol. The molecule has 24 heavy (non-hydrogen) atoms. The quantitative estimate of drug-likeness (QED) is 0.663. The van der Waals surface area contributed by atoms with Crippen molar-refractivity contribution in [3.8, 4) is 0 Å². The first-order valence-electron chi connectivity index (χ1n) is 10.0. The number of hydrogen-bond acceptors (Lipinski definition) is 3. The molecule has 3 nitrogen and oxygen atoms in total. The van der Waals surface area contributed by atoms with E-state index in [2.05, 4.69) is 13.8 Å². The first-order valence-corrected chi connectivity index (χ1v) is 10.0. The van der Waals surface area contributed by atoms with E-state index in [-0.39, 0.29) is 22.9 Å². The molecule has 7 atom stereocenters. The lowest BCUT2D eigenvalue weighted by Crippen LogP contribution is -2.54. The molecule has 134 valence electrons. The van der Waals surface area contributed by atoms with Crippen molar-refractivity contribution in [3.63, 3.8) is 0 Å². The zero-order valence-corrected chi connectivity index (χ0v) is 15.5. The van der Waals surface area contributed by atoms with Crippen molar-refractivity contribution in [2.45, 2.75) is 84.7 Å². The summed E-state index contributed by atoms with van der Waals surface area (Å²) >= 11 is 0. The Labute approximate surface area is 145 Å². The summed E-state index contributed by atoms with van der Waals surface area (Å²) in [6.07, 6.45) is 10.1. The van der Waals surface area contributed by atoms with E-state index < -0.39 is 0 Å². The van der Waals surface area contributed by atoms with Crippen molar-refractivity contribution in [3.05, 3.63) is 0 Å². The minimum Gasteiger partial charge on any atom is -0.462 e. The predicted molar refractivity (Wildman–Crippen MR) is 92.3 cm³/mol. The van der Waals surface area contributed by atoms with Gasteiger partial charge in [-0.25, -0.2) is 0 Å². The van der Waals surface area contributed by atoms with E-state index in [0.717, 1.165) is 43.9 Å². The Morgan fingerprint density at radius 3 is 2.50 bits per heavy atom. The number of hydrogen-bond donors (Lipinski definition) is 0. The van der Waals surface area contributed by atoms with Crippen LogP contribution < -0.4 is 0 Å². The van der Waals surface area contributed by atoms with Gasteiger partial charge in [0, 0.05) is 25.2 Å². The molecular weight excluding hydrogens is 300 g/mol. The number of fused-ring (bicyclic) bond motifs is 5. The minimum atomic E-state index is -0.127. The van der Waals surface area contributed by atoms with Gasteiger partial charge in [0.15, 0.2) is 0 Å². The zero-order valence-electron chi connectivity index (χ0n) is 15.5. The lowest BCUT2D eigenvalue weighted by Gasteiger charge is -2.59. The molecule has 4 aliphatic carbocycles. The second-order valence-corrected chi connectivity index (χ2v) is 9.63. The third kappa shape index (κ3) is 2.29. The third-order valence-electron chi connectivity index (χ3n) is 8.64. The van der Waals surface area contributed by atoms with Gasteiger partial charge < -0.3 is 4.74 Å². The topological polar surface area (TPSA) is 43.4 Å². The predicted octanol–water partition coefficient (Wildman–Crippen LogP) is 4.53. The second-order valence-electron chi connectivity index (χ2n) is 9.63. The lowest BCUT2D eigenvalue weighted by molar-refractivity contribution is -0.163. The molecule has 0 heterocycles. The fourth-order valence-corrected chi connectivity index (χ4v) is 7.48. The fourth-order valence-electron chi connectivity index (χ4n) is 7.48. The molecule has 0 spiro atoms. The summed E-state index contributed by atoms with van der Waals surface area (Å²) in [6.45, 7) is 6.34. The van der Waals surface area contributed by atoms with Crippen LogP contribution in [0.2, 0.25) is 0 Å². The van der Waals surface area contributed by atoms with Crippen LogP contribution in [0.1, 0.15) is 78.6 Å². The molecule has 0 aromatic heterocycles. The molecule has 0 aromatic carbocycles. The molecule has 4 rings (SSSR count). The third-order valence-corrected chi connectivity index (χ3v) is 8.64. The standard InChI is InChI=1S/C21H32O3/c1-13(22)24-19-9-8-17-16-7-5-14-4-6-15(23)12-21(14,3)18(16)10-11-20(17,19)2/h14,16-19H,4-12H2,1-3H3/t14-,16+,17+,18+,19-,20+,21+/m1/s1. The lowest BCUT2D eigenvalue weighted by atomic mass is 9.45. The van der Waals surface area contributed by atoms with Crippen LogP contribution in [0.4, 0.5) is 0 Å². The molecule has 4 aliphatic rings. The molecule has 0 unspecified atom stereocenters. The van der Waals surface area contributed by atoms with Gasteiger partial charge in [-0.3, -0.25) is 9.59 Å². The average Bonchev–Trinajstić information content (AvgIpc) is 2.82. The van der Waals surface area contributed by atoms with Crippen molar-refractivity contribution < 1.29 is 14.3 Å². The molecule has 3 heteroatoms. The SMILES string of the molecule is CC(=O)O[C@@H]1CC[C@H]2[C@@H]3CC[C@H]4CCC(=O)C[C@]4(C)[C@H]3CC[C@]12C. The molecule has 4 fully saturated rings. The molecule has 0 aromatic rings. The Balaban J connectivity index is 1.60. The second kappa shape index (κ2) is 5.57. The number of carbonyl (C=O) groups is 2. The van der Waals surface area contributed by atoms with Crippen LogP contribution in [0.15, 0.2) is 0 Å². The molecule has 0 radical (unpaired) electrons. The van der Waals surface area contributed by atoms with Crippen LogP contribution in [0.5, 0.6) is 0 Å². The van der Waals surface area contributed by atoms with Gasteiger partial charge in [-0.2, -0.15) is 0 Å². The van der Waals surface area contributed by atoms with Crippen LogP contribution in [0, 0.1) is 34.5 Å². The first kappa shape index (κ1) is 16.6. The molecule has 0 saturated heterocycles. The summed E-state index contributed by atoms with van der Waals surface area (Å²) in [6, 6.07) is 0. The Kier molecular flexibility index (Phi) is 3.85. The summed E-state index contributed by atoms with van der Waals surface area (Å²) in [5, 5.41) is 0. The maximum atomic E-state index is 12.2. The Morgan fingerprint density at radius 1 is 1.00 bits per heavy atom. The molecule has 0 N–H and O–H groups in total. The smallest absolute Gasteiger partial charge is 0.302 e. The number of ether oxygens (including phenoxy) is 1. The van der Waals surface area contributed by atoms with Crippen molar-refractivity contribution in [1.29, 1.82) is 0 Å². The highest BCUT2D eigenvalue weighted by Crippen LogP contribution is 2.66. The molecule has 0 aliphatic heterocycles. The zero-order chi connectivity index (χ0) is 17.1. The summed E-state index contributed by atoms with van der Waals surface area (Å²) in [7, 11) is 0. The fraction of sp³-hybridized carbons (Fsp3) is 0.905. The largest absolute Gasteiger partial charge is 0.462 e. The maximum absolute atomic E-state index is 12.2. The number of ketones is 1. The van der Waals surface area contributed by atoms with Gasteiger partial charge >= 0.3 is 5.97 Å². The highest BCUT2D eigenvalue weighted by molar-refractivity contribution is 5.80. The van der Waals surface area contributed by atoms with Crippen molar-refractivity contribution in [1.82, 2.24) is 0 Å². The summed E-state index contributed by atoms with van der Waals surface area (Å²) in [5.41, 5.74) is 0.397. The Hall–Kier alpha value is -0.860. The van der Waals surface area contributed by atoms with E-state index in [1.54, 1.807) is 6.92 Å². The normalized spacial score (nSPS) is 50.6. The summed E-state index contributed by atoms with van der Waals surface area (Å²) in [4.78, 5) is 23.7. The van der Waals surface area contributed by atoms with E-state index in [9.17, 15) is 9.59 Å². The van der Waals surface area contributed by atoms with Crippen LogP contribution in [0.25, 0.3) is 0 Å². The van der Waals surface area contributed by atoms with Crippen LogP contribution in [0.3, 0.4) is 0 Å². The van der Waals surface area contributed by atoms with Crippen LogP contribution in [-0.4, -0.2) is 17.9 Å². The summed E-state index contributed by atoms with van der Waals surface area (Å²) in [5.74, 6) is 3.23. The number of esters is 1. The Bertz CT molecular complexity index is 555. The van der Waals surface area contributed by atoms with Crippen LogP contribution in [-0.2, 0) is 14.3 Å². The van der Waals surface area contributed by atoms with Gasteiger partial charge in [0.05, 0.1) is 0 Å². The van der Waals surface area contributed by atoms with E-state index in [4.69, 9.17) is 4.74 Å². The summed E-state index contributed by atoms with van der Waals surface area (Å²) < 4.78 is 5.72. The van der Waals surface area contributed by atoms with Crippen molar-refractivity contribution in [2.75, 3.05) is 0 Å². The molecular formula is C21H32O3. The highest BCUT2D eigenvalue weighted by Gasteiger charge is 2.61. The van der Waals surface area contributed by atoms with Gasteiger partial charge in [0.1, 0.15) is 11.9 Å². The molecule has 0 bridgehead atoms. The van der Waals surface area contributed by atoms with E-state index in [0.29, 0.717) is 17.6 Å². The van der Waals surface area contributed by atoms with E-state index in [1.807, 2.05) is 0 Å². The maximum Gasteiger partial charge on any atom is 0.302 e. The minimum absolute atomic E-state index is 0.111. The molecule has 0 amide bonds. The van der Waals surface area contributed by atoms with Gasteiger partial charge in [0.2, 0.25) is 0 Å². The van der Waals surface area contributed by atoms with Crippen LogP contribution >= 0.6 is 0 Å². The number of carbonyl (C=O) groups excluding carboxylic acids is 2. The van der Waals surface area contributed by atoms with Gasteiger partial charge in [-0.05, 0) is 74.0 Å². The van der Waals surface area contributed by atoms with Crippen molar-refractivity contribution >= 4 is 11.8 Å². The number of rotatable bonds is 1. The van der Waals surface area contributed by atoms with Gasteiger partial charge in [-0.1, -0.05) is 13.8 Å². The molecule has 4 saturated carbocycles. The number of Topliss-reactive ketones (excluding diaryl/α,β-unsaturated/α-hetero) is 1. The first-order chi connectivity index (χ1) is 11.3. The van der Waals surface area contributed by atoms with Gasteiger partial charge in [0.25, 0.3) is 0 Å². The Morgan fingerprint density at radius 2 is 1.75 bits per heavy atom. The van der Waals surface area contributed by atoms with E-state index in [1.165, 1.54) is 25.7 Å².